The molecule has 0 amide bonds. The number of nitrogens with zero attached hydrogens (tertiary/aromatic N) is 1. The summed E-state index contributed by atoms with van der Waals surface area (Å²) < 4.78 is 11.9. The molecule has 6 nitrogen and oxygen atoms in total. The monoisotopic (exact) mass is 291 g/mol. The van der Waals surface area contributed by atoms with Crippen molar-refractivity contribution in [2.45, 2.75) is 19.6 Å². The molecule has 21 heavy (non-hydrogen) atoms. The summed E-state index contributed by atoms with van der Waals surface area (Å²) in [4.78, 5) is 23.2. The van der Waals surface area contributed by atoms with Crippen LogP contribution in [0.3, 0.4) is 0 Å². The van der Waals surface area contributed by atoms with Gasteiger partial charge in [-0.3, -0.25) is 4.79 Å². The zero-order valence-electron chi connectivity index (χ0n) is 11.9. The van der Waals surface area contributed by atoms with Crippen molar-refractivity contribution < 1.29 is 19.4 Å². The van der Waals surface area contributed by atoms with E-state index in [1.807, 2.05) is 0 Å². The van der Waals surface area contributed by atoms with Crippen LogP contribution in [0, 0.1) is 0 Å². The summed E-state index contributed by atoms with van der Waals surface area (Å²) in [6, 6.07) is 6.77. The fourth-order valence-corrected chi connectivity index (χ4v) is 2.00. The molecular formula is C15H17NO5. The Hall–Kier alpha value is -2.34. The molecule has 0 saturated carbocycles. The summed E-state index contributed by atoms with van der Waals surface area (Å²) >= 11 is 0. The van der Waals surface area contributed by atoms with E-state index in [2.05, 4.69) is 0 Å². The number of hydrogen-bond acceptors (Lipinski definition) is 4. The molecule has 2 aromatic rings. The van der Waals surface area contributed by atoms with E-state index in [-0.39, 0.29) is 5.56 Å². The van der Waals surface area contributed by atoms with Gasteiger partial charge in [0.05, 0.1) is 12.0 Å². The van der Waals surface area contributed by atoms with Crippen molar-refractivity contribution in [2.75, 3.05) is 13.7 Å². The quantitative estimate of drug-likeness (QED) is 0.872. The van der Waals surface area contributed by atoms with E-state index in [0.717, 1.165) is 0 Å². The van der Waals surface area contributed by atoms with Crippen molar-refractivity contribution in [2.24, 2.45) is 0 Å². The molecule has 0 aliphatic rings. The average Bonchev–Trinajstić information content (AvgIpc) is 2.47. The Kier molecular flexibility index (Phi) is 4.59. The minimum absolute atomic E-state index is 0.155. The van der Waals surface area contributed by atoms with Gasteiger partial charge in [-0.05, 0) is 25.1 Å². The Morgan fingerprint density at radius 1 is 1.33 bits per heavy atom. The third-order valence-corrected chi connectivity index (χ3v) is 3.17. The first kappa shape index (κ1) is 15.1. The van der Waals surface area contributed by atoms with E-state index in [0.29, 0.717) is 29.7 Å². The summed E-state index contributed by atoms with van der Waals surface area (Å²) in [7, 11) is 1.57. The molecule has 6 heteroatoms. The van der Waals surface area contributed by atoms with Crippen LogP contribution in [0.4, 0.5) is 0 Å². The second-order valence-corrected chi connectivity index (χ2v) is 4.62. The molecule has 1 unspecified atom stereocenters. The standard InChI is InChI=1S/C15H17NO5/c1-10(15(18)19)21-13-5-3-4-12-11(13)6-7-16(14(12)17)8-9-20-2/h3-7,10H,8-9H2,1-2H3,(H,18,19). The van der Waals surface area contributed by atoms with Gasteiger partial charge in [-0.2, -0.15) is 0 Å². The molecule has 2 rings (SSSR count). The zero-order chi connectivity index (χ0) is 15.4. The Morgan fingerprint density at radius 2 is 2.10 bits per heavy atom. The lowest BCUT2D eigenvalue weighted by atomic mass is 10.1. The normalized spacial score (nSPS) is 12.3. The number of fused-ring (bicyclic) bond motifs is 1. The highest BCUT2D eigenvalue weighted by Crippen LogP contribution is 2.24. The lowest BCUT2D eigenvalue weighted by Crippen LogP contribution is -2.24. The maximum atomic E-state index is 12.3. The molecule has 0 spiro atoms. The maximum Gasteiger partial charge on any atom is 0.344 e. The summed E-state index contributed by atoms with van der Waals surface area (Å²) in [6.07, 6.45) is 0.675. The van der Waals surface area contributed by atoms with Crippen LogP contribution in [0.25, 0.3) is 10.8 Å². The topological polar surface area (TPSA) is 77.8 Å². The molecule has 1 heterocycles. The first-order chi connectivity index (χ1) is 10.0. The second kappa shape index (κ2) is 6.41. The van der Waals surface area contributed by atoms with E-state index in [9.17, 15) is 9.59 Å². The van der Waals surface area contributed by atoms with Crippen LogP contribution in [-0.4, -0.2) is 35.5 Å². The van der Waals surface area contributed by atoms with Gasteiger partial charge in [0.2, 0.25) is 0 Å². The summed E-state index contributed by atoms with van der Waals surface area (Å²) in [5, 5.41) is 10.00. The lowest BCUT2D eigenvalue weighted by molar-refractivity contribution is -0.144. The zero-order valence-corrected chi connectivity index (χ0v) is 11.9. The van der Waals surface area contributed by atoms with Gasteiger partial charge in [0, 0.05) is 25.2 Å². The van der Waals surface area contributed by atoms with E-state index in [1.165, 1.54) is 6.92 Å². The second-order valence-electron chi connectivity index (χ2n) is 4.62. The van der Waals surface area contributed by atoms with Crippen molar-refractivity contribution >= 4 is 16.7 Å². The fourth-order valence-electron chi connectivity index (χ4n) is 2.00. The van der Waals surface area contributed by atoms with Crippen LogP contribution in [-0.2, 0) is 16.1 Å². The summed E-state index contributed by atoms with van der Waals surface area (Å²) in [5.74, 6) is -0.668. The number of methoxy groups -OCH3 is 1. The third kappa shape index (κ3) is 3.22. The number of pyridine rings is 1. The Bertz CT molecular complexity index is 707. The lowest BCUT2D eigenvalue weighted by Gasteiger charge is -2.13. The van der Waals surface area contributed by atoms with E-state index in [1.54, 1.807) is 42.1 Å². The van der Waals surface area contributed by atoms with Gasteiger partial charge in [0.15, 0.2) is 6.10 Å². The van der Waals surface area contributed by atoms with Crippen molar-refractivity contribution in [3.05, 3.63) is 40.8 Å². The smallest absolute Gasteiger partial charge is 0.344 e. The number of benzene rings is 1. The molecule has 1 aromatic heterocycles. The van der Waals surface area contributed by atoms with Gasteiger partial charge < -0.3 is 19.1 Å². The van der Waals surface area contributed by atoms with Gasteiger partial charge in [0.1, 0.15) is 5.75 Å². The van der Waals surface area contributed by atoms with Crippen molar-refractivity contribution in [1.82, 2.24) is 4.57 Å². The number of aliphatic carboxylic acids is 1. The molecule has 0 fully saturated rings. The number of carbonyl (C=O) groups is 1. The highest BCUT2D eigenvalue weighted by atomic mass is 16.5. The first-order valence-corrected chi connectivity index (χ1v) is 6.55. The largest absolute Gasteiger partial charge is 0.479 e. The molecule has 0 bridgehead atoms. The highest BCUT2D eigenvalue weighted by Gasteiger charge is 2.15. The number of rotatable bonds is 6. The number of carboxylic acids is 1. The first-order valence-electron chi connectivity index (χ1n) is 6.55. The van der Waals surface area contributed by atoms with Crippen LogP contribution >= 0.6 is 0 Å². The number of hydrogen-bond donors (Lipinski definition) is 1. The Labute approximate surface area is 121 Å². The molecule has 0 aliphatic carbocycles. The number of aromatic nitrogens is 1. The van der Waals surface area contributed by atoms with E-state index in [4.69, 9.17) is 14.6 Å². The molecule has 0 saturated heterocycles. The van der Waals surface area contributed by atoms with Crippen LogP contribution < -0.4 is 10.3 Å². The Morgan fingerprint density at radius 3 is 2.76 bits per heavy atom. The van der Waals surface area contributed by atoms with Gasteiger partial charge in [-0.15, -0.1) is 0 Å². The maximum absolute atomic E-state index is 12.3. The SMILES string of the molecule is COCCn1ccc2c(OC(C)C(=O)O)cccc2c1=O. The molecule has 1 atom stereocenters. The van der Waals surface area contributed by atoms with E-state index >= 15 is 0 Å². The summed E-state index contributed by atoms with van der Waals surface area (Å²) in [5.41, 5.74) is -0.155. The van der Waals surface area contributed by atoms with Gasteiger partial charge in [-0.1, -0.05) is 6.07 Å². The molecule has 0 aliphatic heterocycles. The van der Waals surface area contributed by atoms with Crippen molar-refractivity contribution in [1.29, 1.82) is 0 Å². The number of carboxylic acid groups (broad SMARTS) is 1. The fraction of sp³-hybridized carbons (Fsp3) is 0.333. The predicted octanol–water partition coefficient (Wildman–Crippen LogP) is 1.50. The summed E-state index contributed by atoms with van der Waals surface area (Å²) in [6.45, 7) is 2.35. The average molecular weight is 291 g/mol. The highest BCUT2D eigenvalue weighted by molar-refractivity contribution is 5.87. The van der Waals surface area contributed by atoms with Crippen LogP contribution in [0.15, 0.2) is 35.3 Å². The Balaban J connectivity index is 2.44. The number of ether oxygens (including phenoxy) is 2. The minimum Gasteiger partial charge on any atom is -0.479 e. The van der Waals surface area contributed by atoms with Crippen LogP contribution in [0.5, 0.6) is 5.75 Å². The molecule has 0 radical (unpaired) electrons. The van der Waals surface area contributed by atoms with Crippen LogP contribution in [0.1, 0.15) is 6.92 Å². The van der Waals surface area contributed by atoms with Gasteiger partial charge in [0.25, 0.3) is 5.56 Å². The van der Waals surface area contributed by atoms with Gasteiger partial charge in [-0.25, -0.2) is 4.79 Å². The minimum atomic E-state index is -1.06. The predicted molar refractivity (Wildman–Crippen MR) is 77.8 cm³/mol. The van der Waals surface area contributed by atoms with Crippen molar-refractivity contribution in [3.63, 3.8) is 0 Å². The molecular weight excluding hydrogens is 274 g/mol. The molecule has 112 valence electrons. The molecule has 1 aromatic carbocycles. The third-order valence-electron chi connectivity index (χ3n) is 3.17. The van der Waals surface area contributed by atoms with E-state index < -0.39 is 12.1 Å². The van der Waals surface area contributed by atoms with Crippen LogP contribution in [0.2, 0.25) is 0 Å². The van der Waals surface area contributed by atoms with Gasteiger partial charge >= 0.3 is 5.97 Å². The van der Waals surface area contributed by atoms with Crippen molar-refractivity contribution in [3.8, 4) is 5.75 Å². The molecule has 1 N–H and O–H groups in total.